The Balaban J connectivity index is 1.81. The number of hydrogen-bond donors (Lipinski definition) is 1. The second kappa shape index (κ2) is 6.94. The third-order valence-electron chi connectivity index (χ3n) is 4.88. The van der Waals surface area contributed by atoms with E-state index in [-0.39, 0.29) is 11.7 Å². The van der Waals surface area contributed by atoms with Gasteiger partial charge in [0.15, 0.2) is 5.78 Å². The summed E-state index contributed by atoms with van der Waals surface area (Å²) in [4.78, 5) is 30.3. The van der Waals surface area contributed by atoms with Crippen molar-refractivity contribution in [2.45, 2.75) is 6.04 Å². The van der Waals surface area contributed by atoms with E-state index in [2.05, 4.69) is 26.1 Å². The van der Waals surface area contributed by atoms with Gasteiger partial charge in [-0.25, -0.2) is 0 Å². The number of anilines is 2. The molecule has 4 rings (SSSR count). The van der Waals surface area contributed by atoms with Crippen molar-refractivity contribution in [2.75, 3.05) is 37.4 Å². The van der Waals surface area contributed by atoms with E-state index in [0.29, 0.717) is 29.0 Å². The zero-order valence-electron chi connectivity index (χ0n) is 15.2. The zero-order chi connectivity index (χ0) is 19.1. The van der Waals surface area contributed by atoms with E-state index in [1.807, 2.05) is 62.6 Å². The Hall–Kier alpha value is -2.44. The van der Waals surface area contributed by atoms with Gasteiger partial charge in [-0.15, -0.1) is 0 Å². The van der Waals surface area contributed by atoms with E-state index in [0.717, 1.165) is 16.6 Å². The van der Waals surface area contributed by atoms with Gasteiger partial charge in [0.05, 0.1) is 5.56 Å². The number of nitrogens with one attached hydrogen (secondary N) is 1. The van der Waals surface area contributed by atoms with Gasteiger partial charge in [-0.2, -0.15) is 0 Å². The van der Waals surface area contributed by atoms with Crippen molar-refractivity contribution in [2.24, 2.45) is 0 Å². The smallest absolute Gasteiger partial charge is 0.262 e. The summed E-state index contributed by atoms with van der Waals surface area (Å²) in [5.41, 5.74) is 3.23. The second-order valence-electron chi connectivity index (χ2n) is 7.01. The standard InChI is InChI=1S/C21H20BrN3O2/c1-24(2)11-10-23-16-8-6-13-7-9-17-20(26)18(13)19(16)21(27)25(17)15-5-3-4-14(22)12-15/h3-9,12,17,23H,10-11H2,1-2H3. The fourth-order valence-corrected chi connectivity index (χ4v) is 3.98. The molecule has 1 unspecified atom stereocenters. The molecule has 1 aliphatic heterocycles. The summed E-state index contributed by atoms with van der Waals surface area (Å²) in [5, 5.41) is 3.33. The van der Waals surface area contributed by atoms with Crippen molar-refractivity contribution in [3.63, 3.8) is 0 Å². The lowest BCUT2D eigenvalue weighted by atomic mass is 9.83. The third kappa shape index (κ3) is 3.09. The average Bonchev–Trinajstić information content (AvgIpc) is 2.62. The average molecular weight is 426 g/mol. The Bertz CT molecular complexity index is 968. The first kappa shape index (κ1) is 17.9. The Morgan fingerprint density at radius 3 is 2.70 bits per heavy atom. The number of halogens is 1. The van der Waals surface area contributed by atoms with Crippen molar-refractivity contribution in [3.05, 3.63) is 63.6 Å². The molecule has 0 saturated heterocycles. The first-order valence-electron chi connectivity index (χ1n) is 8.84. The molecule has 0 radical (unpaired) electrons. The van der Waals surface area contributed by atoms with Gasteiger partial charge in [0.1, 0.15) is 6.04 Å². The van der Waals surface area contributed by atoms with Gasteiger partial charge in [-0.1, -0.05) is 40.2 Å². The molecule has 1 aliphatic carbocycles. The number of rotatable bonds is 5. The normalized spacial score (nSPS) is 17.6. The van der Waals surface area contributed by atoms with E-state index in [1.165, 1.54) is 0 Å². The molecule has 2 aromatic rings. The molecule has 27 heavy (non-hydrogen) atoms. The van der Waals surface area contributed by atoms with Crippen LogP contribution in [0.25, 0.3) is 6.08 Å². The number of ketones is 1. The van der Waals surface area contributed by atoms with Gasteiger partial charge in [0.25, 0.3) is 5.91 Å². The highest BCUT2D eigenvalue weighted by Gasteiger charge is 2.42. The van der Waals surface area contributed by atoms with Crippen LogP contribution in [0.4, 0.5) is 11.4 Å². The maximum Gasteiger partial charge on any atom is 0.262 e. The number of nitrogens with zero attached hydrogens (tertiary/aromatic N) is 2. The van der Waals surface area contributed by atoms with Crippen molar-refractivity contribution >= 4 is 45.1 Å². The van der Waals surface area contributed by atoms with E-state index < -0.39 is 6.04 Å². The van der Waals surface area contributed by atoms with Crippen molar-refractivity contribution in [1.82, 2.24) is 4.90 Å². The number of carbonyl (C=O) groups excluding carboxylic acids is 2. The minimum Gasteiger partial charge on any atom is -0.383 e. The van der Waals surface area contributed by atoms with E-state index in [1.54, 1.807) is 4.90 Å². The summed E-state index contributed by atoms with van der Waals surface area (Å²) in [6.45, 7) is 1.52. The molecule has 5 nitrogen and oxygen atoms in total. The van der Waals surface area contributed by atoms with Gasteiger partial charge >= 0.3 is 0 Å². The summed E-state index contributed by atoms with van der Waals surface area (Å²) in [6, 6.07) is 10.7. The minimum atomic E-state index is -0.594. The fourth-order valence-electron chi connectivity index (χ4n) is 3.59. The molecule has 2 aromatic carbocycles. The van der Waals surface area contributed by atoms with Crippen LogP contribution in [0.5, 0.6) is 0 Å². The number of benzene rings is 2. The van der Waals surface area contributed by atoms with Gasteiger partial charge in [0, 0.05) is 34.5 Å². The van der Waals surface area contributed by atoms with Crippen LogP contribution in [-0.4, -0.2) is 49.8 Å². The second-order valence-corrected chi connectivity index (χ2v) is 7.92. The highest BCUT2D eigenvalue weighted by atomic mass is 79.9. The number of likely N-dealkylation sites (N-methyl/N-ethyl adjacent to an activating group) is 1. The van der Waals surface area contributed by atoms with Crippen LogP contribution in [0.15, 0.2) is 46.9 Å². The molecule has 1 amide bonds. The molecule has 2 bridgehead atoms. The first-order chi connectivity index (χ1) is 13.0. The molecule has 1 N–H and O–H groups in total. The highest BCUT2D eigenvalue weighted by Crippen LogP contribution is 2.38. The first-order valence-corrected chi connectivity index (χ1v) is 9.64. The minimum absolute atomic E-state index is 0.0293. The van der Waals surface area contributed by atoms with Crippen LogP contribution in [0, 0.1) is 0 Å². The van der Waals surface area contributed by atoms with Crippen LogP contribution in [0.2, 0.25) is 0 Å². The van der Waals surface area contributed by atoms with E-state index >= 15 is 0 Å². The quantitative estimate of drug-likeness (QED) is 0.793. The van der Waals surface area contributed by atoms with E-state index in [9.17, 15) is 9.59 Å². The Morgan fingerprint density at radius 2 is 1.96 bits per heavy atom. The van der Waals surface area contributed by atoms with Crippen molar-refractivity contribution in [1.29, 1.82) is 0 Å². The van der Waals surface area contributed by atoms with Crippen LogP contribution in [0.3, 0.4) is 0 Å². The third-order valence-corrected chi connectivity index (χ3v) is 5.38. The molecular formula is C21H20BrN3O2. The summed E-state index contributed by atoms with van der Waals surface area (Å²) in [5.74, 6) is -0.176. The molecule has 1 atom stereocenters. The van der Waals surface area contributed by atoms with Crippen LogP contribution >= 0.6 is 15.9 Å². The lowest BCUT2D eigenvalue weighted by molar-refractivity contribution is 0.0885. The number of carbonyl (C=O) groups is 2. The Morgan fingerprint density at radius 1 is 1.15 bits per heavy atom. The number of hydrogen-bond acceptors (Lipinski definition) is 4. The lowest BCUT2D eigenvalue weighted by Crippen LogP contribution is -2.50. The SMILES string of the molecule is CN(C)CCNc1ccc2c3c1C(=O)N(c1cccc(Br)c1)C(C=C2)C3=O. The maximum absolute atomic E-state index is 13.5. The number of Topliss-reactive ketones (excluding diaryl/α,β-unsaturated/α-hetero) is 1. The summed E-state index contributed by atoms with van der Waals surface area (Å²) in [7, 11) is 4.00. The zero-order valence-corrected chi connectivity index (χ0v) is 16.8. The summed E-state index contributed by atoms with van der Waals surface area (Å²) >= 11 is 3.45. The highest BCUT2D eigenvalue weighted by molar-refractivity contribution is 9.10. The van der Waals surface area contributed by atoms with Gasteiger partial charge in [-0.3, -0.25) is 14.5 Å². The fraction of sp³-hybridized carbons (Fsp3) is 0.238. The predicted octanol–water partition coefficient (Wildman–Crippen LogP) is 3.66. The molecule has 0 aromatic heterocycles. The number of amides is 1. The largest absolute Gasteiger partial charge is 0.383 e. The Kier molecular flexibility index (Phi) is 4.61. The molecule has 138 valence electrons. The van der Waals surface area contributed by atoms with Crippen LogP contribution in [-0.2, 0) is 0 Å². The van der Waals surface area contributed by atoms with Gasteiger partial charge in [-0.05, 0) is 43.9 Å². The van der Waals surface area contributed by atoms with E-state index in [4.69, 9.17) is 0 Å². The molecule has 0 fully saturated rings. The maximum atomic E-state index is 13.5. The summed E-state index contributed by atoms with van der Waals surface area (Å²) in [6.07, 6.45) is 3.75. The summed E-state index contributed by atoms with van der Waals surface area (Å²) < 4.78 is 0.865. The molecule has 2 aliphatic rings. The van der Waals surface area contributed by atoms with Gasteiger partial charge in [0.2, 0.25) is 0 Å². The topological polar surface area (TPSA) is 52.7 Å². The molecule has 1 heterocycles. The van der Waals surface area contributed by atoms with Crippen molar-refractivity contribution < 1.29 is 9.59 Å². The predicted molar refractivity (Wildman–Crippen MR) is 112 cm³/mol. The van der Waals surface area contributed by atoms with Crippen molar-refractivity contribution in [3.8, 4) is 0 Å². The van der Waals surface area contributed by atoms with Gasteiger partial charge < -0.3 is 10.2 Å². The molecule has 0 saturated carbocycles. The molecule has 0 spiro atoms. The van der Waals surface area contributed by atoms with Crippen LogP contribution < -0.4 is 10.2 Å². The lowest BCUT2D eigenvalue weighted by Gasteiger charge is -2.37. The Labute approximate surface area is 166 Å². The molecular weight excluding hydrogens is 406 g/mol. The van der Waals surface area contributed by atoms with Crippen LogP contribution in [0.1, 0.15) is 26.3 Å². The number of fused-ring (bicyclic) bond motifs is 1. The monoisotopic (exact) mass is 425 g/mol. The molecule has 6 heteroatoms.